The van der Waals surface area contributed by atoms with Gasteiger partial charge in [0.2, 0.25) is 0 Å². The number of ether oxygens (including phenoxy) is 1. The molecule has 0 bridgehead atoms. The smallest absolute Gasteiger partial charge is 0.306 e. The number of esters is 1. The molecule has 0 aromatic carbocycles. The summed E-state index contributed by atoms with van der Waals surface area (Å²) in [6, 6.07) is 0. The van der Waals surface area contributed by atoms with E-state index in [2.05, 4.69) is 31.6 Å². The Morgan fingerprint density at radius 2 is 2.29 bits per heavy atom. The molecule has 1 aliphatic carbocycles. The number of methoxy groups -OCH3 is 1. The van der Waals surface area contributed by atoms with Gasteiger partial charge < -0.3 is 4.74 Å². The molecule has 1 rings (SSSR count). The lowest BCUT2D eigenvalue weighted by Gasteiger charge is -2.35. The van der Waals surface area contributed by atoms with Crippen LogP contribution in [0.4, 0.5) is 0 Å². The molecule has 1 unspecified atom stereocenters. The molecule has 1 aliphatic rings. The van der Waals surface area contributed by atoms with Gasteiger partial charge in [-0.2, -0.15) is 11.8 Å². The second-order valence-corrected chi connectivity index (χ2v) is 7.05. The van der Waals surface area contributed by atoms with Crippen LogP contribution in [0.5, 0.6) is 0 Å². The summed E-state index contributed by atoms with van der Waals surface area (Å²) in [5, 5.41) is 0. The van der Waals surface area contributed by atoms with E-state index in [1.807, 2.05) is 11.8 Å². The molecule has 0 saturated heterocycles. The third-order valence-electron chi connectivity index (χ3n) is 3.63. The monoisotopic (exact) mass is 256 g/mol. The Balaban J connectivity index is 2.37. The van der Waals surface area contributed by atoms with Crippen molar-refractivity contribution in [1.82, 2.24) is 0 Å². The molecular formula is C14H24O2S. The van der Waals surface area contributed by atoms with Crippen molar-refractivity contribution in [2.45, 2.75) is 51.2 Å². The Labute approximate surface area is 109 Å². The molecule has 98 valence electrons. The van der Waals surface area contributed by atoms with E-state index in [-0.39, 0.29) is 10.7 Å². The number of carbonyl (C=O) groups is 1. The first-order chi connectivity index (χ1) is 7.95. The molecule has 0 aromatic heterocycles. The maximum atomic E-state index is 11.1. The molecular weight excluding hydrogens is 232 g/mol. The SMILES string of the molecule is COC(=O)CCSC(C)(C)C1CC=C(C)CC1. The fourth-order valence-electron chi connectivity index (χ4n) is 2.21. The molecule has 0 fully saturated rings. The Hall–Kier alpha value is -0.440. The van der Waals surface area contributed by atoms with Gasteiger partial charge in [0.15, 0.2) is 0 Å². The van der Waals surface area contributed by atoms with Gasteiger partial charge in [0.25, 0.3) is 0 Å². The zero-order chi connectivity index (χ0) is 12.9. The Kier molecular flexibility index (Phi) is 5.57. The molecule has 0 aromatic rings. The molecule has 0 spiro atoms. The van der Waals surface area contributed by atoms with Crippen LogP contribution in [0.3, 0.4) is 0 Å². The summed E-state index contributed by atoms with van der Waals surface area (Å²) in [6.45, 7) is 6.82. The van der Waals surface area contributed by atoms with Gasteiger partial charge in [-0.1, -0.05) is 25.5 Å². The average Bonchev–Trinajstić information content (AvgIpc) is 2.29. The number of thioether (sulfide) groups is 1. The molecule has 1 atom stereocenters. The van der Waals surface area contributed by atoms with Crippen molar-refractivity contribution in [3.8, 4) is 0 Å². The molecule has 2 nitrogen and oxygen atoms in total. The Morgan fingerprint density at radius 3 is 2.82 bits per heavy atom. The minimum Gasteiger partial charge on any atom is -0.469 e. The predicted molar refractivity (Wildman–Crippen MR) is 74.3 cm³/mol. The van der Waals surface area contributed by atoms with Crippen LogP contribution in [0.2, 0.25) is 0 Å². The highest BCUT2D eigenvalue weighted by atomic mass is 32.2. The largest absolute Gasteiger partial charge is 0.469 e. The molecule has 0 saturated carbocycles. The van der Waals surface area contributed by atoms with Crippen LogP contribution in [0.25, 0.3) is 0 Å². The lowest BCUT2D eigenvalue weighted by atomic mass is 9.82. The molecule has 17 heavy (non-hydrogen) atoms. The summed E-state index contributed by atoms with van der Waals surface area (Å²) in [5.41, 5.74) is 1.52. The molecule has 3 heteroatoms. The minimum absolute atomic E-state index is 0.104. The first-order valence-corrected chi connectivity index (χ1v) is 7.30. The summed E-state index contributed by atoms with van der Waals surface area (Å²) < 4.78 is 4.92. The van der Waals surface area contributed by atoms with Crippen molar-refractivity contribution in [3.63, 3.8) is 0 Å². The molecule has 0 aliphatic heterocycles. The van der Waals surface area contributed by atoms with Crippen LogP contribution >= 0.6 is 11.8 Å². The molecule has 0 N–H and O–H groups in total. The number of carbonyl (C=O) groups excluding carboxylic acids is 1. The zero-order valence-corrected chi connectivity index (χ0v) is 12.2. The van der Waals surface area contributed by atoms with Gasteiger partial charge in [-0.15, -0.1) is 0 Å². The number of rotatable bonds is 5. The third kappa shape index (κ3) is 4.74. The Bertz CT molecular complexity index is 295. The second-order valence-electron chi connectivity index (χ2n) is 5.30. The van der Waals surface area contributed by atoms with Crippen molar-refractivity contribution in [1.29, 1.82) is 0 Å². The summed E-state index contributed by atoms with van der Waals surface area (Å²) >= 11 is 1.90. The van der Waals surface area contributed by atoms with Crippen molar-refractivity contribution in [2.24, 2.45) is 5.92 Å². The number of hydrogen-bond acceptors (Lipinski definition) is 3. The summed E-state index contributed by atoms with van der Waals surface area (Å²) in [5.74, 6) is 1.49. The van der Waals surface area contributed by atoms with Crippen LogP contribution in [-0.4, -0.2) is 23.6 Å². The highest BCUT2D eigenvalue weighted by molar-refractivity contribution is 8.00. The first kappa shape index (κ1) is 14.6. The quantitative estimate of drug-likeness (QED) is 0.553. The topological polar surface area (TPSA) is 26.3 Å². The van der Waals surface area contributed by atoms with Crippen molar-refractivity contribution in [3.05, 3.63) is 11.6 Å². The number of allylic oxidation sites excluding steroid dienone is 2. The summed E-state index contributed by atoms with van der Waals surface area (Å²) in [7, 11) is 1.45. The summed E-state index contributed by atoms with van der Waals surface area (Å²) in [6.07, 6.45) is 6.58. The lowest BCUT2D eigenvalue weighted by Crippen LogP contribution is -2.29. The van der Waals surface area contributed by atoms with Crippen molar-refractivity contribution in [2.75, 3.05) is 12.9 Å². The third-order valence-corrected chi connectivity index (χ3v) is 5.11. The maximum absolute atomic E-state index is 11.1. The van der Waals surface area contributed by atoms with Crippen LogP contribution in [0, 0.1) is 5.92 Å². The van der Waals surface area contributed by atoms with E-state index < -0.39 is 0 Å². The van der Waals surface area contributed by atoms with Gasteiger partial charge in [-0.25, -0.2) is 0 Å². The zero-order valence-electron chi connectivity index (χ0n) is 11.4. The average molecular weight is 256 g/mol. The van der Waals surface area contributed by atoms with Gasteiger partial charge >= 0.3 is 5.97 Å². The Morgan fingerprint density at radius 1 is 1.59 bits per heavy atom. The summed E-state index contributed by atoms with van der Waals surface area (Å²) in [4.78, 5) is 11.1. The van der Waals surface area contributed by atoms with E-state index in [9.17, 15) is 4.79 Å². The first-order valence-electron chi connectivity index (χ1n) is 6.32. The molecule has 0 heterocycles. The lowest BCUT2D eigenvalue weighted by molar-refractivity contribution is -0.140. The van der Waals surface area contributed by atoms with Crippen molar-refractivity contribution >= 4 is 17.7 Å². The van der Waals surface area contributed by atoms with Crippen LogP contribution in [0.15, 0.2) is 11.6 Å². The van der Waals surface area contributed by atoms with Crippen LogP contribution < -0.4 is 0 Å². The predicted octanol–water partition coefficient (Wildman–Crippen LogP) is 3.81. The highest BCUT2D eigenvalue weighted by Gasteiger charge is 2.30. The van der Waals surface area contributed by atoms with Gasteiger partial charge in [0.05, 0.1) is 13.5 Å². The fraction of sp³-hybridized carbons (Fsp3) is 0.786. The van der Waals surface area contributed by atoms with Crippen LogP contribution in [0.1, 0.15) is 46.5 Å². The van der Waals surface area contributed by atoms with Crippen molar-refractivity contribution < 1.29 is 9.53 Å². The van der Waals surface area contributed by atoms with Crippen LogP contribution in [-0.2, 0) is 9.53 Å². The number of hydrogen-bond donors (Lipinski definition) is 0. The van der Waals surface area contributed by atoms with Gasteiger partial charge in [0, 0.05) is 10.5 Å². The maximum Gasteiger partial charge on any atom is 0.306 e. The van der Waals surface area contributed by atoms with E-state index in [1.165, 1.54) is 31.9 Å². The second kappa shape index (κ2) is 6.48. The normalized spacial score (nSPS) is 20.9. The van der Waals surface area contributed by atoms with Gasteiger partial charge in [-0.05, 0) is 32.1 Å². The minimum atomic E-state index is -0.104. The standard InChI is InChI=1S/C14H24O2S/c1-11-5-7-12(8-6-11)14(2,3)17-10-9-13(15)16-4/h5,12H,6-10H2,1-4H3. The molecule has 0 amide bonds. The van der Waals surface area contributed by atoms with E-state index in [4.69, 9.17) is 0 Å². The van der Waals surface area contributed by atoms with Gasteiger partial charge in [-0.3, -0.25) is 4.79 Å². The van der Waals surface area contributed by atoms with E-state index in [0.29, 0.717) is 6.42 Å². The van der Waals surface area contributed by atoms with E-state index in [0.717, 1.165) is 11.7 Å². The molecule has 0 radical (unpaired) electrons. The highest BCUT2D eigenvalue weighted by Crippen LogP contribution is 2.40. The van der Waals surface area contributed by atoms with Gasteiger partial charge in [0.1, 0.15) is 0 Å². The van der Waals surface area contributed by atoms with E-state index >= 15 is 0 Å². The van der Waals surface area contributed by atoms with E-state index in [1.54, 1.807) is 0 Å². The fourth-order valence-corrected chi connectivity index (χ4v) is 3.46.